The Bertz CT molecular complexity index is 902. The third kappa shape index (κ3) is 6.49. The van der Waals surface area contributed by atoms with E-state index < -0.39 is 23.8 Å². The third-order valence-electron chi connectivity index (χ3n) is 4.03. The van der Waals surface area contributed by atoms with Crippen molar-refractivity contribution >= 4 is 23.9 Å². The maximum Gasteiger partial charge on any atom is 0.325 e. The molecule has 2 amide bonds. The Hall–Kier alpha value is -3.61. The predicted octanol–water partition coefficient (Wildman–Crippen LogP) is 2.75. The van der Waals surface area contributed by atoms with Crippen molar-refractivity contribution in [3.05, 3.63) is 70.9 Å². The van der Waals surface area contributed by atoms with Crippen molar-refractivity contribution in [1.29, 1.82) is 0 Å². The van der Waals surface area contributed by atoms with Gasteiger partial charge in [0, 0.05) is 5.56 Å². The van der Waals surface area contributed by atoms with Gasteiger partial charge in [-0.2, -0.15) is 0 Å². The first kappa shape index (κ1) is 21.7. The number of benzene rings is 2. The van der Waals surface area contributed by atoms with Crippen LogP contribution < -0.4 is 15.4 Å². The number of carbonyl (C=O) groups excluding carboxylic acids is 2. The first-order valence-corrected chi connectivity index (χ1v) is 9.16. The van der Waals surface area contributed by atoms with Gasteiger partial charge >= 0.3 is 5.97 Å². The summed E-state index contributed by atoms with van der Waals surface area (Å²) in [6.07, 6.45) is 1.48. The SMILES string of the molecule is CCOc1ccc(/C=C(\NC(=O)c2ccc(C)cc2)C(=O)N[C@@H](C)C(=O)O)cc1. The number of aliphatic carboxylic acids is 1. The topological polar surface area (TPSA) is 105 Å². The fourth-order valence-electron chi connectivity index (χ4n) is 2.39. The number of hydrogen-bond acceptors (Lipinski definition) is 4. The van der Waals surface area contributed by atoms with E-state index in [0.29, 0.717) is 23.5 Å². The largest absolute Gasteiger partial charge is 0.494 e. The summed E-state index contributed by atoms with van der Waals surface area (Å²) in [6.45, 7) is 5.65. The average Bonchev–Trinajstić information content (AvgIpc) is 2.69. The van der Waals surface area contributed by atoms with Gasteiger partial charge in [-0.15, -0.1) is 0 Å². The van der Waals surface area contributed by atoms with E-state index in [2.05, 4.69) is 10.6 Å². The molecule has 1 atom stereocenters. The van der Waals surface area contributed by atoms with Crippen LogP contribution in [0.2, 0.25) is 0 Å². The Morgan fingerprint density at radius 3 is 2.24 bits per heavy atom. The molecule has 0 aliphatic carbocycles. The van der Waals surface area contributed by atoms with Gasteiger partial charge < -0.3 is 20.5 Å². The molecule has 0 bridgehead atoms. The molecule has 152 valence electrons. The summed E-state index contributed by atoms with van der Waals surface area (Å²) in [6, 6.07) is 12.7. The zero-order chi connectivity index (χ0) is 21.4. The molecule has 0 unspecified atom stereocenters. The smallest absolute Gasteiger partial charge is 0.325 e. The molecule has 2 rings (SSSR count). The number of carboxylic acid groups (broad SMARTS) is 1. The lowest BCUT2D eigenvalue weighted by Gasteiger charge is -2.14. The molecule has 0 saturated heterocycles. The van der Waals surface area contributed by atoms with E-state index in [1.165, 1.54) is 13.0 Å². The Balaban J connectivity index is 2.28. The van der Waals surface area contributed by atoms with Gasteiger partial charge in [0.05, 0.1) is 6.61 Å². The van der Waals surface area contributed by atoms with Gasteiger partial charge in [-0.1, -0.05) is 29.8 Å². The van der Waals surface area contributed by atoms with E-state index in [1.807, 2.05) is 13.8 Å². The fourth-order valence-corrected chi connectivity index (χ4v) is 2.39. The van der Waals surface area contributed by atoms with Crippen LogP contribution in [0.5, 0.6) is 5.75 Å². The minimum atomic E-state index is -1.18. The van der Waals surface area contributed by atoms with Crippen LogP contribution in [0.15, 0.2) is 54.2 Å². The van der Waals surface area contributed by atoms with Crippen molar-refractivity contribution in [2.45, 2.75) is 26.8 Å². The van der Waals surface area contributed by atoms with Crippen LogP contribution in [0.25, 0.3) is 6.08 Å². The highest BCUT2D eigenvalue weighted by molar-refractivity contribution is 6.06. The van der Waals surface area contributed by atoms with Crippen LogP contribution in [0.1, 0.15) is 35.3 Å². The summed E-state index contributed by atoms with van der Waals surface area (Å²) in [5.41, 5.74) is 1.96. The lowest BCUT2D eigenvalue weighted by Crippen LogP contribution is -2.42. The normalized spacial score (nSPS) is 12.0. The number of amides is 2. The van der Waals surface area contributed by atoms with Crippen molar-refractivity contribution < 1.29 is 24.2 Å². The Morgan fingerprint density at radius 1 is 1.07 bits per heavy atom. The monoisotopic (exact) mass is 396 g/mol. The van der Waals surface area contributed by atoms with E-state index in [-0.39, 0.29) is 5.70 Å². The van der Waals surface area contributed by atoms with Gasteiger partial charge in [0.25, 0.3) is 11.8 Å². The van der Waals surface area contributed by atoms with E-state index >= 15 is 0 Å². The molecule has 29 heavy (non-hydrogen) atoms. The van der Waals surface area contributed by atoms with Crippen molar-refractivity contribution in [2.24, 2.45) is 0 Å². The zero-order valence-corrected chi connectivity index (χ0v) is 16.6. The van der Waals surface area contributed by atoms with Crippen molar-refractivity contribution in [3.8, 4) is 5.75 Å². The first-order valence-electron chi connectivity index (χ1n) is 9.16. The molecule has 0 saturated carbocycles. The summed E-state index contributed by atoms with van der Waals surface area (Å²) in [5, 5.41) is 14.0. The molecule has 0 spiro atoms. The number of carbonyl (C=O) groups is 3. The number of carboxylic acids is 1. The van der Waals surface area contributed by atoms with Crippen molar-refractivity contribution in [1.82, 2.24) is 10.6 Å². The van der Waals surface area contributed by atoms with E-state index in [1.54, 1.807) is 48.5 Å². The molecule has 7 nitrogen and oxygen atoms in total. The van der Waals surface area contributed by atoms with E-state index in [9.17, 15) is 14.4 Å². The van der Waals surface area contributed by atoms with E-state index in [4.69, 9.17) is 9.84 Å². The Labute approximate surface area is 169 Å². The second-order valence-corrected chi connectivity index (χ2v) is 6.41. The van der Waals surface area contributed by atoms with Crippen molar-refractivity contribution in [2.75, 3.05) is 6.61 Å². The minimum Gasteiger partial charge on any atom is -0.494 e. The van der Waals surface area contributed by atoms with Gasteiger partial charge in [0.1, 0.15) is 17.5 Å². The minimum absolute atomic E-state index is 0.0622. The summed E-state index contributed by atoms with van der Waals surface area (Å²) in [7, 11) is 0. The maximum atomic E-state index is 12.6. The molecule has 7 heteroatoms. The molecular formula is C22H24N2O5. The number of aryl methyl sites for hydroxylation is 1. The molecule has 0 radical (unpaired) electrons. The van der Waals surface area contributed by atoms with Gasteiger partial charge in [-0.3, -0.25) is 14.4 Å². The molecule has 3 N–H and O–H groups in total. The molecule has 2 aromatic carbocycles. The van der Waals surface area contributed by atoms with Crippen molar-refractivity contribution in [3.63, 3.8) is 0 Å². The third-order valence-corrected chi connectivity index (χ3v) is 4.03. The number of nitrogens with one attached hydrogen (secondary N) is 2. The second kappa shape index (κ2) is 10.1. The summed E-state index contributed by atoms with van der Waals surface area (Å²) < 4.78 is 5.39. The predicted molar refractivity (Wildman–Crippen MR) is 109 cm³/mol. The Kier molecular flexibility index (Phi) is 7.54. The van der Waals surface area contributed by atoms with Crippen LogP contribution in [-0.2, 0) is 9.59 Å². The van der Waals surface area contributed by atoms with Gasteiger partial charge in [0.15, 0.2) is 0 Å². The van der Waals surface area contributed by atoms with Gasteiger partial charge in [-0.05, 0) is 56.7 Å². The number of ether oxygens (including phenoxy) is 1. The quantitative estimate of drug-likeness (QED) is 0.595. The highest BCUT2D eigenvalue weighted by Gasteiger charge is 2.19. The molecular weight excluding hydrogens is 372 g/mol. The highest BCUT2D eigenvalue weighted by atomic mass is 16.5. The van der Waals surface area contributed by atoms with E-state index in [0.717, 1.165) is 5.56 Å². The first-order chi connectivity index (χ1) is 13.8. The van der Waals surface area contributed by atoms with Gasteiger partial charge in [-0.25, -0.2) is 0 Å². The van der Waals surface area contributed by atoms with Crippen LogP contribution >= 0.6 is 0 Å². The second-order valence-electron chi connectivity index (χ2n) is 6.41. The molecule has 2 aromatic rings. The fraction of sp³-hybridized carbons (Fsp3) is 0.227. The maximum absolute atomic E-state index is 12.6. The molecule has 0 heterocycles. The molecule has 0 aliphatic heterocycles. The van der Waals surface area contributed by atoms with Gasteiger partial charge in [0.2, 0.25) is 0 Å². The lowest BCUT2D eigenvalue weighted by molar-refractivity contribution is -0.140. The molecule has 0 aromatic heterocycles. The lowest BCUT2D eigenvalue weighted by atomic mass is 10.1. The molecule has 0 fully saturated rings. The standard InChI is InChI=1S/C22H24N2O5/c1-4-29-18-11-7-16(8-12-18)13-19(21(26)23-15(3)22(27)28)24-20(25)17-9-5-14(2)6-10-17/h5-13,15H,4H2,1-3H3,(H,23,26)(H,24,25)(H,27,28)/b19-13-/t15-/m0/s1. The average molecular weight is 396 g/mol. The van der Waals surface area contributed by atoms with Crippen LogP contribution in [0, 0.1) is 6.92 Å². The highest BCUT2D eigenvalue weighted by Crippen LogP contribution is 2.15. The summed E-state index contributed by atoms with van der Waals surface area (Å²) >= 11 is 0. The number of hydrogen-bond donors (Lipinski definition) is 3. The summed E-state index contributed by atoms with van der Waals surface area (Å²) in [5.74, 6) is -1.67. The number of rotatable bonds is 8. The molecule has 0 aliphatic rings. The Morgan fingerprint density at radius 2 is 1.69 bits per heavy atom. The van der Waals surface area contributed by atoms with Crippen LogP contribution in [0.4, 0.5) is 0 Å². The summed E-state index contributed by atoms with van der Waals surface area (Å²) in [4.78, 5) is 36.2. The van der Waals surface area contributed by atoms with Crippen LogP contribution in [-0.4, -0.2) is 35.5 Å². The zero-order valence-electron chi connectivity index (χ0n) is 16.6. The van der Waals surface area contributed by atoms with Crippen LogP contribution in [0.3, 0.4) is 0 Å².